The van der Waals surface area contributed by atoms with E-state index in [0.29, 0.717) is 40.6 Å². The zero-order chi connectivity index (χ0) is 30.0. The molecule has 44 heavy (non-hydrogen) atoms. The van der Waals surface area contributed by atoms with Gasteiger partial charge < -0.3 is 14.6 Å². The predicted octanol–water partition coefficient (Wildman–Crippen LogP) is 6.30. The number of pyridine rings is 2. The fourth-order valence-corrected chi connectivity index (χ4v) is 5.87. The van der Waals surface area contributed by atoms with Crippen LogP contribution in [0.25, 0.3) is 55.8 Å². The molecule has 1 aliphatic heterocycles. The molecule has 1 aliphatic rings. The molecular weight excluding hydrogens is 555 g/mol. The number of likely N-dealkylation sites (tertiary alicyclic amines) is 1. The third kappa shape index (κ3) is 5.91. The maximum Gasteiger partial charge on any atom is 0.159 e. The van der Waals surface area contributed by atoms with Crippen LogP contribution in [0.15, 0.2) is 67.1 Å². The fraction of sp³-hybridized carbons (Fsp3) is 0.294. The lowest BCUT2D eigenvalue weighted by molar-refractivity contribution is 0.220. The van der Waals surface area contributed by atoms with Crippen LogP contribution in [0.1, 0.15) is 24.8 Å². The molecule has 7 rings (SSSR count). The van der Waals surface area contributed by atoms with Crippen molar-refractivity contribution in [3.05, 3.63) is 78.5 Å². The van der Waals surface area contributed by atoms with E-state index in [1.807, 2.05) is 43.5 Å². The molecule has 2 N–H and O–H groups in total. The van der Waals surface area contributed by atoms with Crippen molar-refractivity contribution in [2.75, 3.05) is 40.3 Å². The number of hydrogen-bond acceptors (Lipinski definition) is 7. The van der Waals surface area contributed by atoms with Crippen molar-refractivity contribution in [3.63, 3.8) is 0 Å². The van der Waals surface area contributed by atoms with E-state index >= 15 is 0 Å². The molecule has 0 aliphatic carbocycles. The van der Waals surface area contributed by atoms with Crippen LogP contribution in [0.2, 0.25) is 0 Å². The number of fused-ring (bicyclic) bond motifs is 2. The van der Waals surface area contributed by atoms with E-state index in [-0.39, 0.29) is 0 Å². The summed E-state index contributed by atoms with van der Waals surface area (Å²) in [5, 5.41) is 8.71. The largest absolute Gasteiger partial charge is 0.492 e. The van der Waals surface area contributed by atoms with Gasteiger partial charge in [-0.15, -0.1) is 0 Å². The lowest BCUT2D eigenvalue weighted by Crippen LogP contribution is -2.29. The summed E-state index contributed by atoms with van der Waals surface area (Å²) in [7, 11) is 3.94. The molecule has 4 aromatic heterocycles. The van der Waals surface area contributed by atoms with E-state index in [0.717, 1.165) is 53.7 Å². The standard InChI is InChI=1S/C34H35FN8O/c1-42(2)12-13-44-27-16-24(15-26(35)18-27)31-33-30(8-9-37-31)38-34(39-33)32-28-17-23(6-7-29(28)40-41-32)25-14-22(19-36-20-25)21-43-10-4-3-5-11-43/h6-9,14-20H,3-5,10-13,21H2,1-2H3,(H,38,39)(H,40,41). The topological polar surface area (TPSA) is 98.8 Å². The van der Waals surface area contributed by atoms with E-state index in [2.05, 4.69) is 48.2 Å². The van der Waals surface area contributed by atoms with Crippen LogP contribution in [0.5, 0.6) is 5.75 Å². The number of benzene rings is 2. The number of halogens is 1. The van der Waals surface area contributed by atoms with Crippen LogP contribution in [-0.2, 0) is 6.54 Å². The molecule has 10 heteroatoms. The van der Waals surface area contributed by atoms with Crippen LogP contribution in [0, 0.1) is 5.82 Å². The Morgan fingerprint density at radius 2 is 1.80 bits per heavy atom. The van der Waals surface area contributed by atoms with Gasteiger partial charge in [-0.25, -0.2) is 9.37 Å². The Balaban J connectivity index is 1.21. The first-order valence-corrected chi connectivity index (χ1v) is 15.1. The summed E-state index contributed by atoms with van der Waals surface area (Å²) in [6, 6.07) is 15.0. The van der Waals surface area contributed by atoms with Crippen molar-refractivity contribution >= 4 is 21.9 Å². The van der Waals surface area contributed by atoms with E-state index in [4.69, 9.17) is 9.72 Å². The highest BCUT2D eigenvalue weighted by Crippen LogP contribution is 2.34. The highest BCUT2D eigenvalue weighted by Gasteiger charge is 2.18. The number of piperidine rings is 1. The average Bonchev–Trinajstić information content (AvgIpc) is 3.65. The molecule has 0 radical (unpaired) electrons. The van der Waals surface area contributed by atoms with Crippen molar-refractivity contribution in [1.82, 2.24) is 39.9 Å². The summed E-state index contributed by atoms with van der Waals surface area (Å²) in [6.45, 7) is 4.39. The van der Waals surface area contributed by atoms with Crippen LogP contribution < -0.4 is 4.74 Å². The van der Waals surface area contributed by atoms with E-state index in [1.54, 1.807) is 12.3 Å². The molecule has 0 atom stereocenters. The molecule has 0 amide bonds. The minimum atomic E-state index is -0.391. The predicted molar refractivity (Wildman–Crippen MR) is 171 cm³/mol. The minimum Gasteiger partial charge on any atom is -0.492 e. The van der Waals surface area contributed by atoms with Crippen molar-refractivity contribution in [2.45, 2.75) is 25.8 Å². The lowest BCUT2D eigenvalue weighted by Gasteiger charge is -2.26. The normalized spacial score (nSPS) is 14.2. The number of nitrogens with zero attached hydrogens (tertiary/aromatic N) is 6. The van der Waals surface area contributed by atoms with Gasteiger partial charge in [0.25, 0.3) is 0 Å². The first kappa shape index (κ1) is 28.1. The van der Waals surface area contributed by atoms with Gasteiger partial charge in [0.1, 0.15) is 29.4 Å². The Kier molecular flexibility index (Phi) is 7.76. The summed E-state index contributed by atoms with van der Waals surface area (Å²) in [4.78, 5) is 22.0. The molecule has 2 aromatic carbocycles. The monoisotopic (exact) mass is 590 g/mol. The van der Waals surface area contributed by atoms with E-state index in [1.165, 1.54) is 37.0 Å². The smallest absolute Gasteiger partial charge is 0.159 e. The Bertz CT molecular complexity index is 1920. The molecule has 0 spiro atoms. The zero-order valence-electron chi connectivity index (χ0n) is 25.0. The van der Waals surface area contributed by atoms with Gasteiger partial charge >= 0.3 is 0 Å². The molecule has 224 valence electrons. The number of hydrogen-bond donors (Lipinski definition) is 2. The van der Waals surface area contributed by atoms with Gasteiger partial charge in [-0.05, 0) is 87.6 Å². The molecule has 0 saturated carbocycles. The summed E-state index contributed by atoms with van der Waals surface area (Å²) >= 11 is 0. The number of aromatic nitrogens is 6. The first-order valence-electron chi connectivity index (χ1n) is 15.1. The second kappa shape index (κ2) is 12.1. The first-order chi connectivity index (χ1) is 21.5. The van der Waals surface area contributed by atoms with Crippen LogP contribution in [0.4, 0.5) is 4.39 Å². The zero-order valence-corrected chi connectivity index (χ0v) is 25.0. The summed E-state index contributed by atoms with van der Waals surface area (Å²) in [5.41, 5.74) is 7.54. The fourth-order valence-electron chi connectivity index (χ4n) is 5.87. The molecular formula is C34H35FN8O. The van der Waals surface area contributed by atoms with Crippen molar-refractivity contribution < 1.29 is 9.13 Å². The van der Waals surface area contributed by atoms with E-state index in [9.17, 15) is 4.39 Å². The van der Waals surface area contributed by atoms with E-state index < -0.39 is 5.82 Å². The Hall–Kier alpha value is -4.67. The average molecular weight is 591 g/mol. The number of imidazole rings is 1. The second-order valence-corrected chi connectivity index (χ2v) is 11.7. The number of aromatic amines is 2. The number of likely N-dealkylation sites (N-methyl/N-ethyl adjacent to an activating group) is 1. The van der Waals surface area contributed by atoms with Gasteiger partial charge in [0.05, 0.1) is 16.7 Å². The maximum absolute atomic E-state index is 14.7. The Labute approximate surface area is 255 Å². The molecule has 1 saturated heterocycles. The van der Waals surface area contributed by atoms with Crippen molar-refractivity contribution in [3.8, 4) is 39.7 Å². The van der Waals surface area contributed by atoms with Gasteiger partial charge in [0.15, 0.2) is 5.82 Å². The highest BCUT2D eigenvalue weighted by molar-refractivity contribution is 5.97. The quantitative estimate of drug-likeness (QED) is 0.204. The molecule has 0 bridgehead atoms. The summed E-state index contributed by atoms with van der Waals surface area (Å²) < 4.78 is 20.5. The van der Waals surface area contributed by atoms with Crippen molar-refractivity contribution in [1.29, 1.82) is 0 Å². The molecule has 9 nitrogen and oxygen atoms in total. The Morgan fingerprint density at radius 1 is 0.909 bits per heavy atom. The summed E-state index contributed by atoms with van der Waals surface area (Å²) in [6.07, 6.45) is 9.43. The lowest BCUT2D eigenvalue weighted by atomic mass is 10.0. The van der Waals surface area contributed by atoms with Gasteiger partial charge in [0, 0.05) is 54.3 Å². The number of rotatable bonds is 9. The Morgan fingerprint density at radius 3 is 2.66 bits per heavy atom. The number of ether oxygens (including phenoxy) is 1. The van der Waals surface area contributed by atoms with Crippen molar-refractivity contribution in [2.24, 2.45) is 0 Å². The van der Waals surface area contributed by atoms with Gasteiger partial charge in [-0.2, -0.15) is 5.10 Å². The minimum absolute atomic E-state index is 0.391. The van der Waals surface area contributed by atoms with Gasteiger partial charge in [-0.1, -0.05) is 12.5 Å². The van der Waals surface area contributed by atoms with Crippen LogP contribution >= 0.6 is 0 Å². The second-order valence-electron chi connectivity index (χ2n) is 11.7. The third-order valence-corrected chi connectivity index (χ3v) is 8.12. The number of nitrogens with one attached hydrogen (secondary N) is 2. The third-order valence-electron chi connectivity index (χ3n) is 8.12. The number of H-pyrrole nitrogens is 2. The highest BCUT2D eigenvalue weighted by atomic mass is 19.1. The van der Waals surface area contributed by atoms with Crippen LogP contribution in [0.3, 0.4) is 0 Å². The molecule has 6 aromatic rings. The van der Waals surface area contributed by atoms with Crippen LogP contribution in [-0.4, -0.2) is 80.3 Å². The summed E-state index contributed by atoms with van der Waals surface area (Å²) in [5.74, 6) is 0.669. The maximum atomic E-state index is 14.7. The molecule has 0 unspecified atom stereocenters. The molecule has 5 heterocycles. The van der Waals surface area contributed by atoms with Gasteiger partial charge in [0.2, 0.25) is 0 Å². The SMILES string of the molecule is CN(C)CCOc1cc(F)cc(-c2nccc3[nH]c(-c4n[nH]c5ccc(-c6cncc(CN7CCCCC7)c6)cc45)nc23)c1. The van der Waals surface area contributed by atoms with Gasteiger partial charge in [-0.3, -0.25) is 20.0 Å². The molecule has 1 fully saturated rings.